The first kappa shape index (κ1) is 19.9. The molecule has 11 heteroatoms. The molecule has 3 rings (SSSR count). The number of rotatable bonds is 4. The third-order valence-electron chi connectivity index (χ3n) is 4.85. The molecule has 0 spiro atoms. The molecule has 5 unspecified atom stereocenters. The summed E-state index contributed by atoms with van der Waals surface area (Å²) in [6.07, 6.45) is -9.32. The van der Waals surface area contributed by atoms with Crippen LogP contribution >= 0.6 is 0 Å². The maximum absolute atomic E-state index is 13.4. The lowest BCUT2D eigenvalue weighted by atomic mass is 9.95. The summed E-state index contributed by atoms with van der Waals surface area (Å²) in [5.74, 6) is -1.90. The molecule has 5 atom stereocenters. The summed E-state index contributed by atoms with van der Waals surface area (Å²) in [5.41, 5.74) is 2.26. The predicted molar refractivity (Wildman–Crippen MR) is 83.8 cm³/mol. The average Bonchev–Trinajstić information content (AvgIpc) is 2.95. The van der Waals surface area contributed by atoms with Crippen LogP contribution in [0, 0.1) is 5.92 Å². The number of hydrogen-bond donors (Lipinski definition) is 4. The van der Waals surface area contributed by atoms with Crippen molar-refractivity contribution in [2.75, 3.05) is 0 Å². The number of alkyl halides is 5. The number of nitrogens with one attached hydrogen (secondary N) is 3. The topological polar surface area (TPSA) is 76.6 Å². The van der Waals surface area contributed by atoms with E-state index < -0.39 is 54.6 Å². The Morgan fingerprint density at radius 2 is 1.85 bits per heavy atom. The molecule has 150 valence electrons. The van der Waals surface area contributed by atoms with Gasteiger partial charge in [0, 0.05) is 0 Å². The summed E-state index contributed by atoms with van der Waals surface area (Å²) in [5, 5.41) is 15.9. The van der Waals surface area contributed by atoms with Crippen LogP contribution in [0.1, 0.15) is 30.5 Å². The summed E-state index contributed by atoms with van der Waals surface area (Å²) in [6, 6.07) is 2.33. The van der Waals surface area contributed by atoms with E-state index in [2.05, 4.69) is 16.1 Å². The van der Waals surface area contributed by atoms with Crippen molar-refractivity contribution in [1.29, 1.82) is 0 Å². The molecule has 2 aliphatic rings. The van der Waals surface area contributed by atoms with E-state index in [9.17, 15) is 31.9 Å². The maximum Gasteiger partial charge on any atom is 0.416 e. The molecule has 0 aliphatic carbocycles. The number of carbonyl (C=O) groups excluding carboxylic acids is 1. The molecule has 6 nitrogen and oxygen atoms in total. The number of hydrazine groups is 1. The van der Waals surface area contributed by atoms with E-state index in [-0.39, 0.29) is 0 Å². The Kier molecular flexibility index (Phi) is 5.39. The normalized spacial score (nSPS) is 30.3. The van der Waals surface area contributed by atoms with E-state index in [4.69, 9.17) is 0 Å². The Bertz CT molecular complexity index is 684. The van der Waals surface area contributed by atoms with Crippen molar-refractivity contribution in [1.82, 2.24) is 21.1 Å². The molecule has 0 aromatic heterocycles. The molecular formula is C16H19F5N4O2. The van der Waals surface area contributed by atoms with Gasteiger partial charge in [0.1, 0.15) is 0 Å². The maximum atomic E-state index is 13.4. The molecule has 4 N–H and O–H groups in total. The third-order valence-corrected chi connectivity index (χ3v) is 4.85. The van der Waals surface area contributed by atoms with Gasteiger partial charge in [-0.25, -0.2) is 19.2 Å². The minimum atomic E-state index is -4.48. The molecular weight excluding hydrogens is 375 g/mol. The van der Waals surface area contributed by atoms with Gasteiger partial charge >= 0.3 is 6.18 Å². The van der Waals surface area contributed by atoms with E-state index in [1.165, 1.54) is 17.1 Å². The fourth-order valence-corrected chi connectivity index (χ4v) is 3.61. The molecule has 1 amide bonds. The highest BCUT2D eigenvalue weighted by atomic mass is 19.4. The Morgan fingerprint density at radius 1 is 1.22 bits per heavy atom. The van der Waals surface area contributed by atoms with Gasteiger partial charge in [-0.15, -0.1) is 0 Å². The van der Waals surface area contributed by atoms with Gasteiger partial charge in [0.25, 0.3) is 6.43 Å². The summed E-state index contributed by atoms with van der Waals surface area (Å²) in [4.78, 5) is 12.1. The first-order valence-electron chi connectivity index (χ1n) is 8.37. The second-order valence-corrected chi connectivity index (χ2v) is 6.49. The smallest absolute Gasteiger partial charge is 0.361 e. The van der Waals surface area contributed by atoms with Gasteiger partial charge in [0.2, 0.25) is 5.91 Å². The SMILES string of the molecule is CCC(c1ccc(C(F)(F)F)cc1)N1NC(C(F)F)C2C(=O)NC(O)NC21. The van der Waals surface area contributed by atoms with E-state index in [1.54, 1.807) is 6.92 Å². The summed E-state index contributed by atoms with van der Waals surface area (Å²) in [7, 11) is 0. The highest BCUT2D eigenvalue weighted by molar-refractivity contribution is 5.81. The fourth-order valence-electron chi connectivity index (χ4n) is 3.61. The highest BCUT2D eigenvalue weighted by Crippen LogP contribution is 2.36. The molecule has 2 aliphatic heterocycles. The van der Waals surface area contributed by atoms with E-state index in [1.807, 2.05) is 0 Å². The number of halogens is 5. The Labute approximate surface area is 151 Å². The van der Waals surface area contributed by atoms with Crippen molar-refractivity contribution in [2.24, 2.45) is 5.92 Å². The van der Waals surface area contributed by atoms with Crippen LogP contribution in [0.3, 0.4) is 0 Å². The first-order valence-corrected chi connectivity index (χ1v) is 8.37. The van der Waals surface area contributed by atoms with Gasteiger partial charge in [-0.1, -0.05) is 19.1 Å². The summed E-state index contributed by atoms with van der Waals surface area (Å²) >= 11 is 0. The number of hydrogen-bond acceptors (Lipinski definition) is 5. The van der Waals surface area contributed by atoms with Crippen LogP contribution in [0.15, 0.2) is 24.3 Å². The second kappa shape index (κ2) is 7.30. The van der Waals surface area contributed by atoms with Gasteiger partial charge in [0.05, 0.1) is 29.7 Å². The zero-order valence-corrected chi connectivity index (χ0v) is 14.2. The van der Waals surface area contributed by atoms with Crippen LogP contribution < -0.4 is 16.1 Å². The Balaban J connectivity index is 1.91. The standard InChI is InChI=1S/C16H19F5N4O2/c1-2-9(7-3-5-8(6-4-7)16(19,20)21)25-13-10(11(24-25)12(17)18)14(26)23-15(27)22-13/h3-6,9-13,15,22,24,27H,2H2,1H3,(H,23,26). The molecule has 27 heavy (non-hydrogen) atoms. The van der Waals surface area contributed by atoms with Crippen LogP contribution in [0.5, 0.6) is 0 Å². The number of aliphatic hydroxyl groups excluding tert-OH is 1. The quantitative estimate of drug-likeness (QED) is 0.583. The molecule has 2 fully saturated rings. The largest absolute Gasteiger partial charge is 0.416 e. The van der Waals surface area contributed by atoms with Crippen molar-refractivity contribution in [3.63, 3.8) is 0 Å². The van der Waals surface area contributed by atoms with Crippen LogP contribution in [0.25, 0.3) is 0 Å². The lowest BCUT2D eigenvalue weighted by Crippen LogP contribution is -2.64. The van der Waals surface area contributed by atoms with Crippen molar-refractivity contribution >= 4 is 5.91 Å². The Hall–Kier alpha value is -1.82. The monoisotopic (exact) mass is 394 g/mol. The first-order chi connectivity index (χ1) is 12.6. The third kappa shape index (κ3) is 3.77. The predicted octanol–water partition coefficient (Wildman–Crippen LogP) is 1.55. The number of amides is 1. The van der Waals surface area contributed by atoms with Crippen LogP contribution in [0.2, 0.25) is 0 Å². The Morgan fingerprint density at radius 3 is 2.37 bits per heavy atom. The molecule has 0 bridgehead atoms. The molecule has 2 saturated heterocycles. The van der Waals surface area contributed by atoms with Crippen LogP contribution in [0.4, 0.5) is 22.0 Å². The molecule has 1 aromatic carbocycles. The van der Waals surface area contributed by atoms with Gasteiger partial charge in [-0.2, -0.15) is 13.2 Å². The van der Waals surface area contributed by atoms with Crippen LogP contribution in [-0.2, 0) is 11.0 Å². The fraction of sp³-hybridized carbons (Fsp3) is 0.562. The van der Waals surface area contributed by atoms with Crippen molar-refractivity contribution in [3.05, 3.63) is 35.4 Å². The second-order valence-electron chi connectivity index (χ2n) is 6.49. The van der Waals surface area contributed by atoms with E-state index >= 15 is 0 Å². The number of aliphatic hydroxyl groups is 1. The zero-order valence-electron chi connectivity index (χ0n) is 14.2. The minimum absolute atomic E-state index is 0.372. The van der Waals surface area contributed by atoms with Gasteiger partial charge in [-0.3, -0.25) is 10.1 Å². The zero-order chi connectivity index (χ0) is 19.9. The molecule has 1 aromatic rings. The van der Waals surface area contributed by atoms with Crippen molar-refractivity contribution in [2.45, 2.75) is 50.5 Å². The number of nitrogens with zero attached hydrogens (tertiary/aromatic N) is 1. The average molecular weight is 394 g/mol. The van der Waals surface area contributed by atoms with E-state index in [0.29, 0.717) is 12.0 Å². The van der Waals surface area contributed by atoms with E-state index in [0.717, 1.165) is 12.1 Å². The summed E-state index contributed by atoms with van der Waals surface area (Å²) in [6.45, 7) is 1.74. The minimum Gasteiger partial charge on any atom is -0.361 e. The van der Waals surface area contributed by atoms with Crippen molar-refractivity contribution < 1.29 is 31.9 Å². The lowest BCUT2D eigenvalue weighted by Gasteiger charge is -2.38. The molecule has 2 heterocycles. The van der Waals surface area contributed by atoms with Gasteiger partial charge in [0.15, 0.2) is 6.35 Å². The van der Waals surface area contributed by atoms with Gasteiger partial charge in [-0.05, 0) is 24.1 Å². The summed E-state index contributed by atoms with van der Waals surface area (Å²) < 4.78 is 65.1. The van der Waals surface area contributed by atoms with Crippen LogP contribution in [-0.4, -0.2) is 41.0 Å². The molecule has 0 radical (unpaired) electrons. The number of carbonyl (C=O) groups is 1. The van der Waals surface area contributed by atoms with Crippen molar-refractivity contribution in [3.8, 4) is 0 Å². The van der Waals surface area contributed by atoms with Gasteiger partial charge < -0.3 is 10.4 Å². The molecule has 0 saturated carbocycles. The number of fused-ring (bicyclic) bond motifs is 1. The lowest BCUT2D eigenvalue weighted by molar-refractivity contribution is -0.138. The number of benzene rings is 1. The highest BCUT2D eigenvalue weighted by Gasteiger charge is 2.54.